The molecule has 1 atom stereocenters. The highest BCUT2D eigenvalue weighted by atomic mass is 16.5. The third kappa shape index (κ3) is 3.60. The van der Waals surface area contributed by atoms with Crippen LogP contribution in [0.3, 0.4) is 0 Å². The van der Waals surface area contributed by atoms with Crippen molar-refractivity contribution in [3.63, 3.8) is 0 Å². The van der Waals surface area contributed by atoms with Crippen LogP contribution in [0.1, 0.15) is 67.0 Å². The van der Waals surface area contributed by atoms with E-state index >= 15 is 0 Å². The molecule has 2 saturated heterocycles. The van der Waals surface area contributed by atoms with Gasteiger partial charge in [-0.25, -0.2) is 0 Å². The number of piperidine rings is 1. The van der Waals surface area contributed by atoms with Crippen LogP contribution >= 0.6 is 0 Å². The summed E-state index contributed by atoms with van der Waals surface area (Å²) in [5.74, 6) is 3.00. The smallest absolute Gasteiger partial charge is 0.233 e. The molecular weight excluding hydrogens is 342 g/mol. The van der Waals surface area contributed by atoms with Gasteiger partial charge in [-0.1, -0.05) is 18.6 Å². The van der Waals surface area contributed by atoms with Crippen LogP contribution in [-0.4, -0.2) is 41.5 Å². The zero-order valence-electron chi connectivity index (χ0n) is 15.7. The Morgan fingerprint density at radius 3 is 2.81 bits per heavy atom. The predicted octanol–water partition coefficient (Wildman–Crippen LogP) is 3.63. The molecule has 6 nitrogen and oxygen atoms in total. The monoisotopic (exact) mass is 369 g/mol. The fourth-order valence-electron chi connectivity index (χ4n) is 4.52. The van der Waals surface area contributed by atoms with Gasteiger partial charge in [0.25, 0.3) is 0 Å². The number of fused-ring (bicyclic) bond motifs is 1. The summed E-state index contributed by atoms with van der Waals surface area (Å²) >= 11 is 0. The number of nitrogens with zero attached hydrogens (tertiary/aromatic N) is 3. The number of hydrogen-bond acceptors (Lipinski definition) is 6. The van der Waals surface area contributed by atoms with Crippen molar-refractivity contribution in [2.45, 2.75) is 57.0 Å². The summed E-state index contributed by atoms with van der Waals surface area (Å²) in [4.78, 5) is 2.50. The number of aromatic nitrogens is 2. The highest BCUT2D eigenvalue weighted by molar-refractivity contribution is 5.39. The van der Waals surface area contributed by atoms with E-state index in [1.165, 1.54) is 24.0 Å². The fraction of sp³-hybridized carbons (Fsp3) is 0.619. The molecule has 0 bridgehead atoms. The van der Waals surface area contributed by atoms with Gasteiger partial charge in [0, 0.05) is 32.1 Å². The largest absolute Gasteiger partial charge is 0.493 e. The lowest BCUT2D eigenvalue weighted by molar-refractivity contribution is 0.0768. The third-order valence-electron chi connectivity index (χ3n) is 6.07. The van der Waals surface area contributed by atoms with Crippen molar-refractivity contribution in [3.05, 3.63) is 41.1 Å². The van der Waals surface area contributed by atoms with Crippen molar-refractivity contribution in [2.24, 2.45) is 0 Å². The minimum Gasteiger partial charge on any atom is -0.493 e. The van der Waals surface area contributed by atoms with Gasteiger partial charge in [-0.2, -0.15) is 0 Å². The maximum atomic E-state index is 6.17. The molecule has 1 unspecified atom stereocenters. The molecule has 6 heteroatoms. The van der Waals surface area contributed by atoms with E-state index in [2.05, 4.69) is 33.3 Å². The average molecular weight is 369 g/mol. The first-order valence-corrected chi connectivity index (χ1v) is 10.3. The Kier molecular flexibility index (Phi) is 4.84. The molecule has 27 heavy (non-hydrogen) atoms. The molecule has 4 heterocycles. The molecule has 3 aliphatic heterocycles. The lowest BCUT2D eigenvalue weighted by Gasteiger charge is -2.33. The topological polar surface area (TPSA) is 60.6 Å². The van der Waals surface area contributed by atoms with Crippen molar-refractivity contribution in [2.75, 3.05) is 26.4 Å². The van der Waals surface area contributed by atoms with Crippen molar-refractivity contribution < 1.29 is 13.9 Å². The maximum absolute atomic E-state index is 6.17. The Morgan fingerprint density at radius 1 is 1.00 bits per heavy atom. The van der Waals surface area contributed by atoms with E-state index in [0.29, 0.717) is 5.92 Å². The predicted molar refractivity (Wildman–Crippen MR) is 99.7 cm³/mol. The molecule has 0 radical (unpaired) electrons. The molecule has 3 aliphatic rings. The lowest BCUT2D eigenvalue weighted by atomic mass is 10.00. The van der Waals surface area contributed by atoms with E-state index in [0.717, 1.165) is 76.1 Å². The number of benzene rings is 1. The first-order chi connectivity index (χ1) is 13.4. The fourth-order valence-corrected chi connectivity index (χ4v) is 4.52. The third-order valence-corrected chi connectivity index (χ3v) is 6.07. The molecule has 1 aromatic carbocycles. The van der Waals surface area contributed by atoms with Gasteiger partial charge in [-0.3, -0.25) is 4.90 Å². The van der Waals surface area contributed by atoms with E-state index in [1.54, 1.807) is 0 Å². The summed E-state index contributed by atoms with van der Waals surface area (Å²) in [5, 5.41) is 8.83. The van der Waals surface area contributed by atoms with Gasteiger partial charge in [0.15, 0.2) is 0 Å². The van der Waals surface area contributed by atoms with Crippen LogP contribution in [0.15, 0.2) is 22.6 Å². The minimum atomic E-state index is 0.226. The van der Waals surface area contributed by atoms with Crippen LogP contribution in [0.2, 0.25) is 0 Å². The van der Waals surface area contributed by atoms with E-state index in [4.69, 9.17) is 13.9 Å². The van der Waals surface area contributed by atoms with Crippen molar-refractivity contribution in [1.29, 1.82) is 0 Å². The van der Waals surface area contributed by atoms with E-state index in [-0.39, 0.29) is 6.04 Å². The minimum absolute atomic E-state index is 0.226. The van der Waals surface area contributed by atoms with Crippen LogP contribution in [0.4, 0.5) is 0 Å². The summed E-state index contributed by atoms with van der Waals surface area (Å²) in [5.41, 5.74) is 2.68. The SMILES string of the molecule is c1cc2c(cc1CN1CCCCC1c1nnc(C3CCOCC3)o1)CCO2. The van der Waals surface area contributed by atoms with E-state index < -0.39 is 0 Å². The number of ether oxygens (including phenoxy) is 2. The maximum Gasteiger partial charge on any atom is 0.233 e. The van der Waals surface area contributed by atoms with Gasteiger partial charge < -0.3 is 13.9 Å². The van der Waals surface area contributed by atoms with Gasteiger partial charge in [0.1, 0.15) is 5.75 Å². The summed E-state index contributed by atoms with van der Waals surface area (Å²) in [6.07, 6.45) is 6.51. The van der Waals surface area contributed by atoms with Gasteiger partial charge in [0.2, 0.25) is 11.8 Å². The molecule has 144 valence electrons. The van der Waals surface area contributed by atoms with Crippen molar-refractivity contribution in [1.82, 2.24) is 15.1 Å². The zero-order chi connectivity index (χ0) is 18.1. The van der Waals surface area contributed by atoms with Crippen LogP contribution in [0.5, 0.6) is 5.75 Å². The summed E-state index contributed by atoms with van der Waals surface area (Å²) in [6, 6.07) is 6.84. The second kappa shape index (κ2) is 7.60. The first kappa shape index (κ1) is 17.2. The normalized spacial score (nSPS) is 23.9. The Hall–Kier alpha value is -1.92. The Bertz CT molecular complexity index is 785. The number of hydrogen-bond donors (Lipinski definition) is 0. The van der Waals surface area contributed by atoms with Crippen LogP contribution in [0.25, 0.3) is 0 Å². The average Bonchev–Trinajstić information content (AvgIpc) is 3.38. The van der Waals surface area contributed by atoms with Crippen molar-refractivity contribution in [3.8, 4) is 5.75 Å². The molecule has 0 spiro atoms. The number of rotatable bonds is 4. The molecule has 0 saturated carbocycles. The molecule has 1 aromatic heterocycles. The Labute approximate surface area is 159 Å². The summed E-state index contributed by atoms with van der Waals surface area (Å²) in [7, 11) is 0. The van der Waals surface area contributed by atoms with Gasteiger partial charge >= 0.3 is 0 Å². The van der Waals surface area contributed by atoms with Crippen LogP contribution in [-0.2, 0) is 17.7 Å². The van der Waals surface area contributed by atoms with E-state index in [9.17, 15) is 0 Å². The molecule has 0 aliphatic carbocycles. The van der Waals surface area contributed by atoms with Crippen molar-refractivity contribution >= 4 is 0 Å². The molecule has 0 amide bonds. The second-order valence-corrected chi connectivity index (χ2v) is 7.89. The van der Waals surface area contributed by atoms with Crippen LogP contribution < -0.4 is 4.74 Å². The Morgan fingerprint density at radius 2 is 1.89 bits per heavy atom. The van der Waals surface area contributed by atoms with Gasteiger partial charge in [-0.15, -0.1) is 10.2 Å². The quantitative estimate of drug-likeness (QED) is 0.820. The lowest BCUT2D eigenvalue weighted by Crippen LogP contribution is -2.33. The zero-order valence-corrected chi connectivity index (χ0v) is 15.7. The highest BCUT2D eigenvalue weighted by Crippen LogP contribution is 2.34. The van der Waals surface area contributed by atoms with Gasteiger partial charge in [-0.05, 0) is 49.4 Å². The molecule has 5 rings (SSSR count). The Balaban J connectivity index is 1.32. The first-order valence-electron chi connectivity index (χ1n) is 10.3. The molecule has 0 N–H and O–H groups in total. The standard InChI is InChI=1S/C21H27N3O3/c1-2-9-24(14-15-4-5-19-17(13-15)8-12-26-19)18(3-1)21-23-22-20(27-21)16-6-10-25-11-7-16/h4-5,13,16,18H,1-3,6-12,14H2. The summed E-state index contributed by atoms with van der Waals surface area (Å²) < 4.78 is 17.3. The molecule has 2 fully saturated rings. The number of likely N-dealkylation sites (tertiary alicyclic amines) is 1. The second-order valence-electron chi connectivity index (χ2n) is 7.89. The van der Waals surface area contributed by atoms with Crippen LogP contribution in [0, 0.1) is 0 Å². The highest BCUT2D eigenvalue weighted by Gasteiger charge is 2.30. The van der Waals surface area contributed by atoms with Gasteiger partial charge in [0.05, 0.1) is 12.6 Å². The van der Waals surface area contributed by atoms with E-state index in [1.807, 2.05) is 0 Å². The summed E-state index contributed by atoms with van der Waals surface area (Å²) in [6.45, 7) is 4.39. The molecular formula is C21H27N3O3. The molecule has 2 aromatic rings.